The number of aromatic hydroxyl groups is 1. The number of aryl methyl sites for hydroxylation is 2. The minimum Gasteiger partial charge on any atom is -0.507 e. The standard InChI is InChI=1S/C50H61N7O8/c1-6-7-8-23-64-37-15-12-34(13-16-37)48-54-31(3)46(32(4)55-48)43(60)29-36(19-21-52)50(63)57(5)47-35-14-18-45(65-24-22-53)39(28-35)38-26-33(11-17-41(38)58)27-40(42(59)10-9-20-51)56-49(62)30(2)25-44(47)61/h11-18,26,28,30,36,40,47,58H,6-10,19,21-25,27,29,52-53H2,1-5H3,(H,56,62)/t30-,36-,40+,47+/m1/s1. The summed E-state index contributed by atoms with van der Waals surface area (Å²) in [5.41, 5.74) is 15.5. The molecule has 1 aliphatic rings. The monoisotopic (exact) mass is 887 g/mol. The quantitative estimate of drug-likeness (QED) is 0.0599. The Morgan fingerprint density at radius 3 is 2.32 bits per heavy atom. The van der Waals surface area contributed by atoms with E-state index in [4.69, 9.17) is 20.9 Å². The number of Topliss-reactive ketones (excluding diaryl/α,β-unsaturated/α-hetero) is 3. The van der Waals surface area contributed by atoms with E-state index in [1.807, 2.05) is 30.3 Å². The number of nitrogens with two attached hydrogens (primary N) is 2. The van der Waals surface area contributed by atoms with Crippen molar-refractivity contribution < 1.29 is 38.6 Å². The number of fused-ring (bicyclic) bond motifs is 5. The normalized spacial score (nSPS) is 16.7. The number of carbonyl (C=O) groups excluding carboxylic acids is 5. The zero-order valence-electron chi connectivity index (χ0n) is 38.0. The number of hydrogen-bond donors (Lipinski definition) is 4. The molecule has 4 aromatic rings. The fraction of sp³-hybridized carbons (Fsp3) is 0.440. The van der Waals surface area contributed by atoms with Gasteiger partial charge in [0.15, 0.2) is 23.2 Å². The molecule has 15 nitrogen and oxygen atoms in total. The number of phenols is 1. The maximum absolute atomic E-state index is 14.7. The van der Waals surface area contributed by atoms with Crippen LogP contribution in [0.15, 0.2) is 60.7 Å². The van der Waals surface area contributed by atoms with Gasteiger partial charge in [0.2, 0.25) is 11.8 Å². The van der Waals surface area contributed by atoms with Gasteiger partial charge in [0, 0.05) is 67.8 Å². The summed E-state index contributed by atoms with van der Waals surface area (Å²) in [6.07, 6.45) is 2.65. The first-order chi connectivity index (χ1) is 31.2. The number of unbranched alkanes of at least 4 members (excludes halogenated alkanes) is 2. The molecule has 15 heteroatoms. The number of hydrogen-bond acceptors (Lipinski definition) is 13. The minimum absolute atomic E-state index is 0.0441. The largest absolute Gasteiger partial charge is 0.507 e. The Bertz CT molecular complexity index is 2370. The van der Waals surface area contributed by atoms with E-state index in [0.717, 1.165) is 30.6 Å². The number of amides is 2. The van der Waals surface area contributed by atoms with Gasteiger partial charge in [-0.25, -0.2) is 9.97 Å². The lowest BCUT2D eigenvalue weighted by atomic mass is 9.88. The lowest BCUT2D eigenvalue weighted by Gasteiger charge is -2.32. The molecule has 4 bridgehead atoms. The number of nitrogens with zero attached hydrogens (tertiary/aromatic N) is 4. The Morgan fingerprint density at radius 2 is 1.66 bits per heavy atom. The Hall–Kier alpha value is -6.50. The Morgan fingerprint density at radius 1 is 0.938 bits per heavy atom. The van der Waals surface area contributed by atoms with E-state index in [-0.39, 0.29) is 75.5 Å². The number of ketones is 3. The van der Waals surface area contributed by atoms with Gasteiger partial charge in [-0.3, -0.25) is 24.0 Å². The van der Waals surface area contributed by atoms with Gasteiger partial charge < -0.3 is 36.3 Å². The zero-order chi connectivity index (χ0) is 47.2. The van der Waals surface area contributed by atoms with Gasteiger partial charge in [-0.2, -0.15) is 5.26 Å². The van der Waals surface area contributed by atoms with Crippen LogP contribution in [0.1, 0.15) is 104 Å². The fourth-order valence-corrected chi connectivity index (χ4v) is 8.18. The van der Waals surface area contributed by atoms with Gasteiger partial charge in [0.1, 0.15) is 29.9 Å². The van der Waals surface area contributed by atoms with Gasteiger partial charge >= 0.3 is 0 Å². The molecule has 0 fully saturated rings. The molecule has 0 aliphatic carbocycles. The molecule has 5 rings (SSSR count). The summed E-state index contributed by atoms with van der Waals surface area (Å²) in [6, 6.07) is 16.9. The molecule has 6 N–H and O–H groups in total. The van der Waals surface area contributed by atoms with E-state index in [1.54, 1.807) is 51.1 Å². The van der Waals surface area contributed by atoms with Crippen LogP contribution in [0.4, 0.5) is 0 Å². The van der Waals surface area contributed by atoms with Crippen molar-refractivity contribution in [2.45, 2.75) is 97.6 Å². The van der Waals surface area contributed by atoms with E-state index in [2.05, 4.69) is 22.2 Å². The van der Waals surface area contributed by atoms with Crippen molar-refractivity contribution in [3.05, 3.63) is 88.7 Å². The van der Waals surface area contributed by atoms with E-state index in [9.17, 15) is 34.3 Å². The van der Waals surface area contributed by atoms with Crippen LogP contribution in [0, 0.1) is 37.0 Å². The number of likely N-dealkylation sites (N-methyl/N-ethyl adjacent to an activating group) is 1. The van der Waals surface area contributed by atoms with Crippen LogP contribution in [0.25, 0.3) is 22.5 Å². The second-order valence-corrected chi connectivity index (χ2v) is 16.6. The Kier molecular flexibility index (Phi) is 17.9. The molecule has 65 heavy (non-hydrogen) atoms. The molecule has 0 saturated carbocycles. The molecular formula is C50H61N7O8. The van der Waals surface area contributed by atoms with Gasteiger partial charge in [-0.1, -0.05) is 38.8 Å². The number of nitriles is 1. The zero-order valence-corrected chi connectivity index (χ0v) is 38.0. The number of aromatic nitrogens is 2. The molecule has 2 amide bonds. The summed E-state index contributed by atoms with van der Waals surface area (Å²) in [7, 11) is 1.48. The van der Waals surface area contributed by atoms with Crippen molar-refractivity contribution in [3.8, 4) is 45.8 Å². The second-order valence-electron chi connectivity index (χ2n) is 16.6. The van der Waals surface area contributed by atoms with E-state index < -0.39 is 41.5 Å². The highest BCUT2D eigenvalue weighted by Crippen LogP contribution is 2.40. The van der Waals surface area contributed by atoms with Gasteiger partial charge in [-0.05, 0) is 99.3 Å². The number of nitrogens with one attached hydrogen (secondary N) is 1. The van der Waals surface area contributed by atoms with Gasteiger partial charge in [-0.15, -0.1) is 0 Å². The number of rotatable bonds is 19. The average Bonchev–Trinajstić information content (AvgIpc) is 3.28. The average molecular weight is 888 g/mol. The first-order valence-electron chi connectivity index (χ1n) is 22.3. The van der Waals surface area contributed by atoms with Gasteiger partial charge in [0.25, 0.3) is 0 Å². The van der Waals surface area contributed by atoms with E-state index in [0.29, 0.717) is 57.4 Å². The molecule has 0 spiro atoms. The Balaban J connectivity index is 1.49. The molecule has 3 aromatic carbocycles. The van der Waals surface area contributed by atoms with Gasteiger partial charge in [0.05, 0.1) is 35.7 Å². The number of phenolic OH excluding ortho intramolecular Hbond substituents is 1. The van der Waals surface area contributed by atoms with Crippen molar-refractivity contribution in [1.29, 1.82) is 5.26 Å². The maximum Gasteiger partial charge on any atom is 0.226 e. The van der Waals surface area contributed by atoms with Crippen molar-refractivity contribution in [2.24, 2.45) is 23.3 Å². The van der Waals surface area contributed by atoms with Crippen molar-refractivity contribution in [3.63, 3.8) is 0 Å². The third-order valence-electron chi connectivity index (χ3n) is 11.6. The maximum atomic E-state index is 14.7. The minimum atomic E-state index is -1.27. The lowest BCUT2D eigenvalue weighted by molar-refractivity contribution is -0.142. The number of ether oxygens (including phenoxy) is 2. The molecule has 1 aromatic heterocycles. The second kappa shape index (κ2) is 23.4. The van der Waals surface area contributed by atoms with Crippen LogP contribution in [0.3, 0.4) is 0 Å². The third kappa shape index (κ3) is 12.6. The summed E-state index contributed by atoms with van der Waals surface area (Å²) in [4.78, 5) is 81.2. The summed E-state index contributed by atoms with van der Waals surface area (Å²) in [5.74, 6) is -2.77. The highest BCUT2D eigenvalue weighted by Gasteiger charge is 2.36. The SMILES string of the molecule is CCCCCOc1ccc(-c2nc(C)c(C(=O)C[C@@H](CCN)C(=O)N(C)[C@@H]3C(=O)C[C@@H](C)C(=O)N[C@H](C(=O)CCC#N)Cc4ccc(O)c(c4)-c4cc3ccc4OCCN)c(C)n2)cc1. The predicted molar refractivity (Wildman–Crippen MR) is 246 cm³/mol. The van der Waals surface area contributed by atoms with E-state index >= 15 is 0 Å². The summed E-state index contributed by atoms with van der Waals surface area (Å²) < 4.78 is 11.9. The van der Waals surface area contributed by atoms with Crippen LogP contribution in [0.2, 0.25) is 0 Å². The summed E-state index contributed by atoms with van der Waals surface area (Å²) >= 11 is 0. The smallest absolute Gasteiger partial charge is 0.226 e. The lowest BCUT2D eigenvalue weighted by Crippen LogP contribution is -2.46. The first kappa shape index (κ1) is 49.5. The summed E-state index contributed by atoms with van der Waals surface area (Å²) in [6.45, 7) is 8.18. The molecule has 344 valence electrons. The van der Waals surface area contributed by atoms with Crippen LogP contribution in [-0.2, 0) is 25.6 Å². The molecular weight excluding hydrogens is 827 g/mol. The predicted octanol–water partition coefficient (Wildman–Crippen LogP) is 6.29. The third-order valence-corrected chi connectivity index (χ3v) is 11.6. The van der Waals surface area contributed by atoms with E-state index in [1.165, 1.54) is 18.0 Å². The molecule has 1 aliphatic heterocycles. The number of benzene rings is 3. The van der Waals surface area contributed by atoms with Crippen molar-refractivity contribution >= 4 is 29.2 Å². The highest BCUT2D eigenvalue weighted by atomic mass is 16.5. The topological polar surface area (TPSA) is 241 Å². The Labute approximate surface area is 380 Å². The number of carbonyl (C=O) groups is 5. The van der Waals surface area contributed by atoms with Crippen LogP contribution in [0.5, 0.6) is 17.2 Å². The van der Waals surface area contributed by atoms with Crippen LogP contribution < -0.4 is 26.3 Å². The first-order valence-corrected chi connectivity index (χ1v) is 22.3. The molecule has 0 radical (unpaired) electrons. The van der Waals surface area contributed by atoms with Crippen molar-refractivity contribution in [1.82, 2.24) is 20.2 Å². The molecule has 4 atom stereocenters. The van der Waals surface area contributed by atoms with Crippen LogP contribution in [-0.4, -0.2) is 88.5 Å². The summed E-state index contributed by atoms with van der Waals surface area (Å²) in [5, 5.41) is 23.2. The molecule has 0 saturated heterocycles. The molecule has 0 unspecified atom stereocenters. The molecule has 2 heterocycles. The fourth-order valence-electron chi connectivity index (χ4n) is 8.18. The van der Waals surface area contributed by atoms with Crippen molar-refractivity contribution in [2.75, 3.05) is 33.4 Å². The highest BCUT2D eigenvalue weighted by molar-refractivity contribution is 6.01. The van der Waals surface area contributed by atoms with Crippen LogP contribution >= 0.6 is 0 Å².